The van der Waals surface area contributed by atoms with Gasteiger partial charge in [0.2, 0.25) is 5.91 Å². The largest absolute Gasteiger partial charge is 0.336 e. The normalized spacial score (nSPS) is 24.0. The van der Waals surface area contributed by atoms with Crippen LogP contribution in [-0.4, -0.2) is 35.4 Å². The maximum Gasteiger partial charge on any atom is 0.223 e. The Bertz CT molecular complexity index is 456. The predicted octanol–water partition coefficient (Wildman–Crippen LogP) is 2.52. The van der Waals surface area contributed by atoms with E-state index in [4.69, 9.17) is 0 Å². The topological polar surface area (TPSA) is 45.2 Å². The molecule has 2 fully saturated rings. The molecular weight excluding hydrogens is 262 g/mol. The molecule has 0 radical (unpaired) electrons. The van der Waals surface area contributed by atoms with Crippen LogP contribution in [0.3, 0.4) is 0 Å². The summed E-state index contributed by atoms with van der Waals surface area (Å²) in [5.74, 6) is 0.908. The monoisotopic (exact) mass is 287 g/mol. The molecular formula is C17H25N3O. The van der Waals surface area contributed by atoms with Gasteiger partial charge in [-0.3, -0.25) is 9.78 Å². The number of amides is 1. The minimum Gasteiger partial charge on any atom is -0.336 e. The van der Waals surface area contributed by atoms with E-state index in [1.54, 1.807) is 6.20 Å². The van der Waals surface area contributed by atoms with Gasteiger partial charge in [-0.2, -0.15) is 0 Å². The first kappa shape index (κ1) is 14.5. The first-order valence-corrected chi connectivity index (χ1v) is 8.24. The maximum absolute atomic E-state index is 12.7. The lowest BCUT2D eigenvalue weighted by atomic mass is 9.91. The smallest absolute Gasteiger partial charge is 0.223 e. The molecule has 0 bridgehead atoms. The molecule has 1 aromatic rings. The van der Waals surface area contributed by atoms with Crippen molar-refractivity contribution in [1.29, 1.82) is 0 Å². The van der Waals surface area contributed by atoms with Gasteiger partial charge in [0.1, 0.15) is 0 Å². The van der Waals surface area contributed by atoms with Gasteiger partial charge < -0.3 is 10.2 Å². The third kappa shape index (κ3) is 3.62. The summed E-state index contributed by atoms with van der Waals surface area (Å²) in [5.41, 5.74) is 1.19. The van der Waals surface area contributed by atoms with E-state index in [1.807, 2.05) is 12.3 Å². The highest BCUT2D eigenvalue weighted by atomic mass is 16.2. The van der Waals surface area contributed by atoms with Crippen LogP contribution in [0.5, 0.6) is 0 Å². The van der Waals surface area contributed by atoms with Crippen molar-refractivity contribution in [3.63, 3.8) is 0 Å². The van der Waals surface area contributed by atoms with Crippen LogP contribution in [0.2, 0.25) is 0 Å². The third-order valence-electron chi connectivity index (χ3n) is 4.81. The molecule has 1 amide bonds. The molecule has 1 aromatic heterocycles. The Labute approximate surface area is 126 Å². The van der Waals surface area contributed by atoms with Crippen LogP contribution in [0.4, 0.5) is 0 Å². The molecule has 21 heavy (non-hydrogen) atoms. The second-order valence-corrected chi connectivity index (χ2v) is 6.28. The van der Waals surface area contributed by atoms with Crippen LogP contribution in [0.1, 0.15) is 50.1 Å². The maximum atomic E-state index is 12.7. The van der Waals surface area contributed by atoms with Crippen molar-refractivity contribution in [1.82, 2.24) is 15.2 Å². The van der Waals surface area contributed by atoms with E-state index in [2.05, 4.69) is 21.3 Å². The highest BCUT2D eigenvalue weighted by Gasteiger charge is 2.29. The van der Waals surface area contributed by atoms with Gasteiger partial charge in [-0.1, -0.05) is 6.07 Å². The number of hydrogen-bond donors (Lipinski definition) is 1. The highest BCUT2D eigenvalue weighted by molar-refractivity contribution is 5.77. The van der Waals surface area contributed by atoms with E-state index < -0.39 is 0 Å². The Morgan fingerprint density at radius 1 is 1.29 bits per heavy atom. The summed E-state index contributed by atoms with van der Waals surface area (Å²) < 4.78 is 0. The lowest BCUT2D eigenvalue weighted by Gasteiger charge is -2.37. The van der Waals surface area contributed by atoms with E-state index in [9.17, 15) is 4.79 Å². The van der Waals surface area contributed by atoms with Gasteiger partial charge in [-0.25, -0.2) is 0 Å². The average molecular weight is 287 g/mol. The fourth-order valence-electron chi connectivity index (χ4n) is 3.60. The fourth-order valence-corrected chi connectivity index (χ4v) is 3.60. The standard InChI is InChI=1S/C17H25N3O/c21-17(12-14-6-9-18-10-7-14)20-11-2-1-5-16(20)15-4-3-8-19-13-15/h3-4,8,13-14,16,18H,1-2,5-7,9-12H2. The molecule has 2 aliphatic rings. The van der Waals surface area contributed by atoms with Crippen LogP contribution >= 0.6 is 0 Å². The number of pyridine rings is 1. The number of nitrogens with one attached hydrogen (secondary N) is 1. The van der Waals surface area contributed by atoms with Crippen molar-refractivity contribution >= 4 is 5.91 Å². The lowest BCUT2D eigenvalue weighted by molar-refractivity contribution is -0.136. The van der Waals surface area contributed by atoms with Gasteiger partial charge in [-0.05, 0) is 62.7 Å². The van der Waals surface area contributed by atoms with Crippen LogP contribution in [-0.2, 0) is 4.79 Å². The van der Waals surface area contributed by atoms with Gasteiger partial charge in [0.25, 0.3) is 0 Å². The molecule has 4 heteroatoms. The number of likely N-dealkylation sites (tertiary alicyclic amines) is 1. The third-order valence-corrected chi connectivity index (χ3v) is 4.81. The number of rotatable bonds is 3. The average Bonchev–Trinajstić information content (AvgIpc) is 2.56. The Balaban J connectivity index is 1.67. The van der Waals surface area contributed by atoms with E-state index in [1.165, 1.54) is 12.0 Å². The second-order valence-electron chi connectivity index (χ2n) is 6.28. The lowest BCUT2D eigenvalue weighted by Crippen LogP contribution is -2.40. The van der Waals surface area contributed by atoms with E-state index in [0.717, 1.165) is 51.7 Å². The molecule has 2 aliphatic heterocycles. The minimum atomic E-state index is 0.238. The highest BCUT2D eigenvalue weighted by Crippen LogP contribution is 2.32. The van der Waals surface area contributed by atoms with E-state index in [0.29, 0.717) is 11.8 Å². The van der Waals surface area contributed by atoms with Crippen molar-refractivity contribution in [2.75, 3.05) is 19.6 Å². The molecule has 0 saturated carbocycles. The van der Waals surface area contributed by atoms with Gasteiger partial charge in [0.05, 0.1) is 6.04 Å². The van der Waals surface area contributed by atoms with Crippen LogP contribution in [0.15, 0.2) is 24.5 Å². The van der Waals surface area contributed by atoms with Crippen LogP contribution in [0, 0.1) is 5.92 Å². The van der Waals surface area contributed by atoms with Crippen molar-refractivity contribution < 1.29 is 4.79 Å². The van der Waals surface area contributed by atoms with Crippen LogP contribution < -0.4 is 5.32 Å². The van der Waals surface area contributed by atoms with E-state index in [-0.39, 0.29) is 6.04 Å². The van der Waals surface area contributed by atoms with Crippen molar-refractivity contribution in [3.05, 3.63) is 30.1 Å². The SMILES string of the molecule is O=C(CC1CCNCC1)N1CCCCC1c1cccnc1. The Hall–Kier alpha value is -1.42. The second kappa shape index (κ2) is 7.03. The number of carbonyl (C=O) groups excluding carboxylic acids is 1. The van der Waals surface area contributed by atoms with Crippen molar-refractivity contribution in [3.8, 4) is 0 Å². The molecule has 0 aromatic carbocycles. The summed E-state index contributed by atoms with van der Waals surface area (Å²) in [6, 6.07) is 4.31. The van der Waals surface area contributed by atoms with Gasteiger partial charge >= 0.3 is 0 Å². The summed E-state index contributed by atoms with van der Waals surface area (Å²) in [6.07, 6.45) is 10.1. The first-order valence-electron chi connectivity index (χ1n) is 8.24. The summed E-state index contributed by atoms with van der Waals surface area (Å²) in [7, 11) is 0. The van der Waals surface area contributed by atoms with Gasteiger partial charge in [0.15, 0.2) is 0 Å². The summed E-state index contributed by atoms with van der Waals surface area (Å²) in [5, 5.41) is 3.37. The molecule has 0 aliphatic carbocycles. The fraction of sp³-hybridized carbons (Fsp3) is 0.647. The number of aromatic nitrogens is 1. The Morgan fingerprint density at radius 3 is 2.90 bits per heavy atom. The summed E-state index contributed by atoms with van der Waals surface area (Å²) in [4.78, 5) is 19.1. The zero-order valence-corrected chi connectivity index (χ0v) is 12.6. The zero-order valence-electron chi connectivity index (χ0n) is 12.6. The molecule has 1 atom stereocenters. The minimum absolute atomic E-state index is 0.238. The first-order chi connectivity index (χ1) is 10.3. The molecule has 114 valence electrons. The molecule has 2 saturated heterocycles. The van der Waals surface area contributed by atoms with Gasteiger partial charge in [-0.15, -0.1) is 0 Å². The van der Waals surface area contributed by atoms with Crippen molar-refractivity contribution in [2.45, 2.75) is 44.6 Å². The molecule has 0 spiro atoms. The molecule has 3 rings (SSSR count). The summed E-state index contributed by atoms with van der Waals surface area (Å²) in [6.45, 7) is 3.03. The van der Waals surface area contributed by atoms with Crippen molar-refractivity contribution in [2.24, 2.45) is 5.92 Å². The number of carbonyl (C=O) groups is 1. The Morgan fingerprint density at radius 2 is 2.14 bits per heavy atom. The number of nitrogens with zero attached hydrogens (tertiary/aromatic N) is 2. The Kier molecular flexibility index (Phi) is 4.86. The molecule has 1 unspecified atom stereocenters. The zero-order chi connectivity index (χ0) is 14.5. The number of hydrogen-bond acceptors (Lipinski definition) is 3. The number of piperidine rings is 2. The summed E-state index contributed by atoms with van der Waals surface area (Å²) >= 11 is 0. The predicted molar refractivity (Wildman–Crippen MR) is 82.8 cm³/mol. The van der Waals surface area contributed by atoms with E-state index >= 15 is 0 Å². The molecule has 3 heterocycles. The molecule has 4 nitrogen and oxygen atoms in total. The quantitative estimate of drug-likeness (QED) is 0.929. The van der Waals surface area contributed by atoms with Crippen LogP contribution in [0.25, 0.3) is 0 Å². The van der Waals surface area contributed by atoms with Gasteiger partial charge in [0, 0.05) is 25.4 Å². The molecule has 1 N–H and O–H groups in total.